The summed E-state index contributed by atoms with van der Waals surface area (Å²) >= 11 is 0. The quantitative estimate of drug-likeness (QED) is 0.867. The molecule has 2 N–H and O–H groups in total. The highest BCUT2D eigenvalue weighted by Crippen LogP contribution is 2.46. The fraction of sp³-hybridized carbons (Fsp3) is 0.409. The first-order valence-electron chi connectivity index (χ1n) is 9.39. The second-order valence-corrected chi connectivity index (χ2v) is 7.42. The zero-order valence-electron chi connectivity index (χ0n) is 16.0. The van der Waals surface area contributed by atoms with Crippen LogP contribution in [0.25, 0.3) is 0 Å². The standard InChI is InChI=1S/C22H29N3O/c1-4-25-19-12-7-5-10-17(19)16-22(21(23)26,14-9-15-24(2)3)18-11-6-8-13-20(18)25/h5-8,10-13H,4,9,14-16H2,1-3H3,(H2,23,26)/t22-/m0/s1. The van der Waals surface area contributed by atoms with Crippen LogP contribution >= 0.6 is 0 Å². The van der Waals surface area contributed by atoms with E-state index in [2.05, 4.69) is 61.2 Å². The van der Waals surface area contributed by atoms with E-state index in [-0.39, 0.29) is 5.91 Å². The topological polar surface area (TPSA) is 49.6 Å². The Labute approximate surface area is 156 Å². The summed E-state index contributed by atoms with van der Waals surface area (Å²) in [6.45, 7) is 3.94. The molecule has 0 spiro atoms. The Kier molecular flexibility index (Phi) is 5.33. The summed E-state index contributed by atoms with van der Waals surface area (Å²) in [5, 5.41) is 0. The second-order valence-electron chi connectivity index (χ2n) is 7.42. The van der Waals surface area contributed by atoms with E-state index in [1.165, 1.54) is 11.3 Å². The summed E-state index contributed by atoms with van der Waals surface area (Å²) in [6.07, 6.45) is 2.33. The Balaban J connectivity index is 2.18. The van der Waals surface area contributed by atoms with Crippen molar-refractivity contribution in [3.8, 4) is 0 Å². The Morgan fingerprint density at radius 1 is 1.12 bits per heavy atom. The molecule has 138 valence electrons. The van der Waals surface area contributed by atoms with Crippen LogP contribution in [-0.2, 0) is 16.6 Å². The molecular weight excluding hydrogens is 322 g/mol. The molecule has 1 heterocycles. The number of hydrogen-bond donors (Lipinski definition) is 1. The summed E-state index contributed by atoms with van der Waals surface area (Å²) in [7, 11) is 4.12. The van der Waals surface area contributed by atoms with Crippen LogP contribution in [0.15, 0.2) is 48.5 Å². The zero-order valence-corrected chi connectivity index (χ0v) is 16.0. The molecule has 1 aliphatic rings. The third-order valence-corrected chi connectivity index (χ3v) is 5.48. The Hall–Kier alpha value is -2.33. The molecule has 0 saturated heterocycles. The van der Waals surface area contributed by atoms with E-state index >= 15 is 0 Å². The van der Waals surface area contributed by atoms with Gasteiger partial charge in [-0.15, -0.1) is 0 Å². The van der Waals surface area contributed by atoms with Crippen molar-refractivity contribution in [1.29, 1.82) is 0 Å². The lowest BCUT2D eigenvalue weighted by molar-refractivity contribution is -0.123. The van der Waals surface area contributed by atoms with Crippen LogP contribution in [0, 0.1) is 0 Å². The summed E-state index contributed by atoms with van der Waals surface area (Å²) < 4.78 is 0. The van der Waals surface area contributed by atoms with Gasteiger partial charge >= 0.3 is 0 Å². The lowest BCUT2D eigenvalue weighted by Crippen LogP contribution is -2.43. The molecule has 26 heavy (non-hydrogen) atoms. The van der Waals surface area contributed by atoms with Gasteiger partial charge in [0.1, 0.15) is 0 Å². The summed E-state index contributed by atoms with van der Waals surface area (Å²) in [5.74, 6) is -0.225. The van der Waals surface area contributed by atoms with E-state index in [1.807, 2.05) is 18.2 Å². The lowest BCUT2D eigenvalue weighted by atomic mass is 9.71. The predicted octanol–water partition coefficient (Wildman–Crippen LogP) is 3.47. The van der Waals surface area contributed by atoms with E-state index in [0.717, 1.165) is 37.2 Å². The summed E-state index contributed by atoms with van der Waals surface area (Å²) in [6, 6.07) is 16.7. The lowest BCUT2D eigenvalue weighted by Gasteiger charge is -2.32. The largest absolute Gasteiger partial charge is 0.369 e. The SMILES string of the molecule is CCN1c2ccccc2C[C@](CCCN(C)C)(C(N)=O)c2ccccc21. The summed E-state index contributed by atoms with van der Waals surface area (Å²) in [5.41, 5.74) is 9.93. The number of carbonyl (C=O) groups excluding carboxylic acids is 1. The third-order valence-electron chi connectivity index (χ3n) is 5.48. The second kappa shape index (κ2) is 7.50. The maximum absolute atomic E-state index is 12.9. The minimum Gasteiger partial charge on any atom is -0.369 e. The number of nitrogens with two attached hydrogens (primary N) is 1. The highest BCUT2D eigenvalue weighted by molar-refractivity contribution is 5.91. The zero-order chi connectivity index (χ0) is 18.7. The fourth-order valence-electron chi connectivity index (χ4n) is 4.19. The molecule has 0 fully saturated rings. The first-order chi connectivity index (χ1) is 12.5. The van der Waals surface area contributed by atoms with Crippen molar-refractivity contribution in [3.63, 3.8) is 0 Å². The molecular formula is C22H29N3O. The first kappa shape index (κ1) is 18.5. The van der Waals surface area contributed by atoms with Gasteiger partial charge in [-0.1, -0.05) is 36.4 Å². The number of para-hydroxylation sites is 2. The van der Waals surface area contributed by atoms with Gasteiger partial charge in [0.05, 0.1) is 5.41 Å². The highest BCUT2D eigenvalue weighted by atomic mass is 16.1. The molecule has 0 unspecified atom stereocenters. The van der Waals surface area contributed by atoms with Crippen LogP contribution < -0.4 is 10.6 Å². The normalized spacial score (nSPS) is 19.0. The van der Waals surface area contributed by atoms with Crippen LogP contribution in [0.3, 0.4) is 0 Å². The van der Waals surface area contributed by atoms with Crippen molar-refractivity contribution in [2.24, 2.45) is 5.73 Å². The van der Waals surface area contributed by atoms with Crippen molar-refractivity contribution in [1.82, 2.24) is 4.90 Å². The van der Waals surface area contributed by atoms with Crippen molar-refractivity contribution in [2.45, 2.75) is 31.6 Å². The van der Waals surface area contributed by atoms with Gasteiger partial charge in [0.2, 0.25) is 5.91 Å². The molecule has 3 rings (SSSR count). The number of anilines is 2. The Morgan fingerprint density at radius 3 is 2.42 bits per heavy atom. The minimum atomic E-state index is -0.674. The van der Waals surface area contributed by atoms with Gasteiger partial charge in [-0.2, -0.15) is 0 Å². The van der Waals surface area contributed by atoms with Gasteiger partial charge in [-0.05, 0) is 70.1 Å². The molecule has 4 nitrogen and oxygen atoms in total. The molecule has 1 aliphatic heterocycles. The van der Waals surface area contributed by atoms with Crippen LogP contribution in [0.2, 0.25) is 0 Å². The van der Waals surface area contributed by atoms with E-state index in [0.29, 0.717) is 6.42 Å². The average molecular weight is 351 g/mol. The van der Waals surface area contributed by atoms with Crippen molar-refractivity contribution in [2.75, 3.05) is 32.1 Å². The molecule has 0 saturated carbocycles. The number of primary amides is 1. The molecule has 0 aliphatic carbocycles. The molecule has 1 amide bonds. The maximum atomic E-state index is 12.9. The van der Waals surface area contributed by atoms with E-state index in [9.17, 15) is 4.79 Å². The maximum Gasteiger partial charge on any atom is 0.228 e. The molecule has 2 aromatic rings. The molecule has 4 heteroatoms. The fourth-order valence-corrected chi connectivity index (χ4v) is 4.19. The Morgan fingerprint density at radius 2 is 1.77 bits per heavy atom. The van der Waals surface area contributed by atoms with Gasteiger partial charge in [0.15, 0.2) is 0 Å². The number of amides is 1. The number of nitrogens with zero attached hydrogens (tertiary/aromatic N) is 2. The van der Waals surface area contributed by atoms with E-state index < -0.39 is 5.41 Å². The molecule has 0 radical (unpaired) electrons. The predicted molar refractivity (Wildman–Crippen MR) is 108 cm³/mol. The van der Waals surface area contributed by atoms with Crippen LogP contribution in [0.5, 0.6) is 0 Å². The van der Waals surface area contributed by atoms with E-state index in [1.54, 1.807) is 0 Å². The van der Waals surface area contributed by atoms with Gasteiger partial charge in [0, 0.05) is 17.9 Å². The van der Waals surface area contributed by atoms with Crippen molar-refractivity contribution in [3.05, 3.63) is 59.7 Å². The number of carbonyl (C=O) groups is 1. The first-order valence-corrected chi connectivity index (χ1v) is 9.39. The number of rotatable bonds is 6. The minimum absolute atomic E-state index is 0.225. The van der Waals surface area contributed by atoms with Crippen LogP contribution in [0.1, 0.15) is 30.9 Å². The molecule has 0 aromatic heterocycles. The summed E-state index contributed by atoms with van der Waals surface area (Å²) in [4.78, 5) is 17.3. The highest BCUT2D eigenvalue weighted by Gasteiger charge is 2.43. The number of hydrogen-bond acceptors (Lipinski definition) is 3. The molecule has 0 bridgehead atoms. The smallest absolute Gasteiger partial charge is 0.228 e. The van der Waals surface area contributed by atoms with Crippen molar-refractivity contribution < 1.29 is 4.79 Å². The average Bonchev–Trinajstić information content (AvgIpc) is 2.74. The third kappa shape index (κ3) is 3.21. The van der Waals surface area contributed by atoms with Crippen LogP contribution in [-0.4, -0.2) is 38.0 Å². The number of fused-ring (bicyclic) bond motifs is 2. The van der Waals surface area contributed by atoms with Gasteiger partial charge in [-0.25, -0.2) is 0 Å². The van der Waals surface area contributed by atoms with Crippen LogP contribution in [0.4, 0.5) is 11.4 Å². The molecule has 2 aromatic carbocycles. The monoisotopic (exact) mass is 351 g/mol. The van der Waals surface area contributed by atoms with Gasteiger partial charge in [0.25, 0.3) is 0 Å². The van der Waals surface area contributed by atoms with Crippen molar-refractivity contribution >= 4 is 17.3 Å². The number of benzene rings is 2. The van der Waals surface area contributed by atoms with Gasteiger partial charge < -0.3 is 15.5 Å². The van der Waals surface area contributed by atoms with E-state index in [4.69, 9.17) is 5.73 Å². The van der Waals surface area contributed by atoms with Gasteiger partial charge in [-0.3, -0.25) is 4.79 Å². The molecule has 1 atom stereocenters. The Bertz CT molecular complexity index is 786.